The lowest BCUT2D eigenvalue weighted by molar-refractivity contribution is -0.122. The molecule has 2 aromatic heterocycles. The van der Waals surface area contributed by atoms with Crippen LogP contribution in [0.3, 0.4) is 0 Å². The third kappa shape index (κ3) is 4.79. The molecule has 2 aliphatic carbocycles. The van der Waals surface area contributed by atoms with Crippen molar-refractivity contribution >= 4 is 39.9 Å². The Balaban J connectivity index is 1.30. The van der Waals surface area contributed by atoms with E-state index < -0.39 is 0 Å². The van der Waals surface area contributed by atoms with Gasteiger partial charge in [-0.2, -0.15) is 0 Å². The first kappa shape index (κ1) is 25.9. The molecule has 3 aromatic rings. The summed E-state index contributed by atoms with van der Waals surface area (Å²) in [6, 6.07) is 5.99. The maximum atomic E-state index is 12.3. The van der Waals surface area contributed by atoms with E-state index in [0.717, 1.165) is 37.1 Å². The van der Waals surface area contributed by atoms with E-state index in [9.17, 15) is 9.90 Å². The van der Waals surface area contributed by atoms with Gasteiger partial charge in [0.05, 0.1) is 41.6 Å². The van der Waals surface area contributed by atoms with Gasteiger partial charge in [0.15, 0.2) is 5.65 Å². The number of nitrogens with one attached hydrogen (secondary N) is 2. The van der Waals surface area contributed by atoms with E-state index in [1.54, 1.807) is 13.3 Å². The fourth-order valence-corrected chi connectivity index (χ4v) is 6.57. The Morgan fingerprint density at radius 2 is 2.18 bits per heavy atom. The summed E-state index contributed by atoms with van der Waals surface area (Å²) in [6.07, 6.45) is 9.53. The van der Waals surface area contributed by atoms with Gasteiger partial charge >= 0.3 is 0 Å². The number of nitrogens with zero attached hydrogens (tertiary/aromatic N) is 3. The zero-order valence-electron chi connectivity index (χ0n) is 22.0. The molecule has 1 unspecified atom stereocenters. The van der Waals surface area contributed by atoms with Crippen LogP contribution in [-0.2, 0) is 4.79 Å². The highest BCUT2D eigenvalue weighted by atomic mass is 35.5. The lowest BCUT2D eigenvalue weighted by Gasteiger charge is -2.28. The number of fused-ring (bicyclic) bond motifs is 3. The number of rotatable bonds is 8. The number of imidazole rings is 1. The number of carbonyl (C=O) groups excluding carboxylic acids is 1. The fourth-order valence-electron chi connectivity index (χ4n) is 6.38. The number of ether oxygens (including phenoxy) is 1. The number of H-pyrrole nitrogens is 1. The predicted octanol–water partition coefficient (Wildman–Crippen LogP) is 3.84. The molecule has 0 spiro atoms. The van der Waals surface area contributed by atoms with Crippen LogP contribution in [0.4, 0.5) is 5.69 Å². The van der Waals surface area contributed by atoms with Crippen molar-refractivity contribution < 1.29 is 14.6 Å². The Kier molecular flexibility index (Phi) is 6.82. The fraction of sp³-hybridized carbons (Fsp3) is 0.414. The van der Waals surface area contributed by atoms with Gasteiger partial charge < -0.3 is 25.9 Å². The number of amides is 1. The number of pyridine rings is 1. The van der Waals surface area contributed by atoms with Crippen molar-refractivity contribution in [1.82, 2.24) is 19.9 Å². The molecule has 204 valence electrons. The van der Waals surface area contributed by atoms with Crippen molar-refractivity contribution in [3.8, 4) is 17.1 Å². The number of nitrogens with two attached hydrogens (primary N) is 1. The van der Waals surface area contributed by atoms with Gasteiger partial charge in [0.2, 0.25) is 5.91 Å². The summed E-state index contributed by atoms with van der Waals surface area (Å²) >= 11 is 6.61. The zero-order valence-corrected chi connectivity index (χ0v) is 22.8. The first-order chi connectivity index (χ1) is 18.8. The van der Waals surface area contributed by atoms with Gasteiger partial charge in [0, 0.05) is 25.7 Å². The summed E-state index contributed by atoms with van der Waals surface area (Å²) in [5, 5.41) is 13.7. The molecule has 0 saturated heterocycles. The molecule has 39 heavy (non-hydrogen) atoms. The molecule has 1 amide bonds. The summed E-state index contributed by atoms with van der Waals surface area (Å²) < 4.78 is 5.78. The molecule has 10 heteroatoms. The molecule has 1 aromatic carbocycles. The molecule has 3 aliphatic rings. The second kappa shape index (κ2) is 10.3. The van der Waals surface area contributed by atoms with Gasteiger partial charge in [-0.1, -0.05) is 35.9 Å². The van der Waals surface area contributed by atoms with Crippen molar-refractivity contribution in [3.63, 3.8) is 0 Å². The number of primary amides is 1. The number of hydrogen-bond donors (Lipinski definition) is 4. The summed E-state index contributed by atoms with van der Waals surface area (Å²) in [4.78, 5) is 27.1. The van der Waals surface area contributed by atoms with Crippen molar-refractivity contribution in [2.45, 2.75) is 31.9 Å². The highest BCUT2D eigenvalue weighted by Gasteiger charge is 2.47. The number of allylic oxidation sites excluding steroid dienone is 1. The second-order valence-electron chi connectivity index (χ2n) is 10.8. The summed E-state index contributed by atoms with van der Waals surface area (Å²) in [5.74, 6) is 1.10. The van der Waals surface area contributed by atoms with E-state index in [-0.39, 0.29) is 35.8 Å². The van der Waals surface area contributed by atoms with Crippen LogP contribution in [0.15, 0.2) is 42.6 Å². The average Bonchev–Trinajstić information content (AvgIpc) is 3.65. The van der Waals surface area contributed by atoms with E-state index in [0.29, 0.717) is 40.0 Å². The molecule has 0 radical (unpaired) electrons. The number of aliphatic hydroxyl groups is 1. The predicted molar refractivity (Wildman–Crippen MR) is 152 cm³/mol. The van der Waals surface area contributed by atoms with Crippen molar-refractivity contribution in [3.05, 3.63) is 53.2 Å². The number of anilines is 1. The normalized spacial score (nSPS) is 25.2. The molecule has 1 fully saturated rings. The molecule has 5 N–H and O–H groups in total. The highest BCUT2D eigenvalue weighted by molar-refractivity contribution is 6.34. The van der Waals surface area contributed by atoms with E-state index in [1.165, 1.54) is 5.57 Å². The largest absolute Gasteiger partial charge is 0.496 e. The molecule has 1 saturated carbocycles. The van der Waals surface area contributed by atoms with Crippen molar-refractivity contribution in [2.24, 2.45) is 23.5 Å². The topological polar surface area (TPSA) is 129 Å². The van der Waals surface area contributed by atoms with E-state index in [1.807, 2.05) is 19.1 Å². The maximum absolute atomic E-state index is 12.3. The summed E-state index contributed by atoms with van der Waals surface area (Å²) in [5.41, 5.74) is 10.8. The van der Waals surface area contributed by atoms with Gasteiger partial charge in [0.25, 0.3) is 0 Å². The first-order valence-electron chi connectivity index (χ1n) is 13.4. The highest BCUT2D eigenvalue weighted by Crippen LogP contribution is 2.46. The number of β-amino-alcohol motifs (C(OH)–C–C–N with tert-alkyl or cyclic N) is 1. The van der Waals surface area contributed by atoms with Gasteiger partial charge in [-0.15, -0.1) is 0 Å². The lowest BCUT2D eigenvalue weighted by atomic mass is 9.88. The number of carbonyl (C=O) groups is 1. The Hall–Kier alpha value is -3.40. The molecular weight excluding hydrogens is 516 g/mol. The third-order valence-corrected chi connectivity index (χ3v) is 8.50. The second-order valence-corrected chi connectivity index (χ2v) is 11.2. The van der Waals surface area contributed by atoms with E-state index >= 15 is 0 Å². The summed E-state index contributed by atoms with van der Waals surface area (Å²) in [6.45, 7) is 4.21. The van der Waals surface area contributed by atoms with Crippen LogP contribution < -0.4 is 15.8 Å². The van der Waals surface area contributed by atoms with Gasteiger partial charge in [0.1, 0.15) is 17.1 Å². The number of aromatic nitrogens is 3. The summed E-state index contributed by atoms with van der Waals surface area (Å²) in [7, 11) is 1.65. The number of methoxy groups -OCH3 is 1. The Morgan fingerprint density at radius 3 is 2.90 bits per heavy atom. The molecule has 5 atom stereocenters. The Labute approximate surface area is 232 Å². The number of halogens is 1. The smallest absolute Gasteiger partial charge is 0.223 e. The zero-order chi connectivity index (χ0) is 27.3. The number of hydrogen-bond acceptors (Lipinski definition) is 7. The number of aliphatic hydroxyl groups excluding tert-OH is 1. The maximum Gasteiger partial charge on any atom is 0.223 e. The SMILES string of the molecule is COc1cc(C2=CCN(CC(C)O)CC2)ccc1-c1nc2ncc(Cl)c(N[C@H]3[C@@H](C(N)=O)[C@@H]4C=C[C@H]3C4)c2[nH]1. The number of benzene rings is 1. The monoisotopic (exact) mass is 548 g/mol. The molecule has 6 rings (SSSR count). The average molecular weight is 549 g/mol. The molecule has 1 aliphatic heterocycles. The van der Waals surface area contributed by atoms with E-state index in [2.05, 4.69) is 44.5 Å². The van der Waals surface area contributed by atoms with Crippen LogP contribution in [0.5, 0.6) is 5.75 Å². The van der Waals surface area contributed by atoms with Crippen molar-refractivity contribution in [1.29, 1.82) is 0 Å². The van der Waals surface area contributed by atoms with Crippen LogP contribution in [-0.4, -0.2) is 69.8 Å². The van der Waals surface area contributed by atoms with Crippen LogP contribution in [0.2, 0.25) is 5.02 Å². The first-order valence-corrected chi connectivity index (χ1v) is 13.8. The lowest BCUT2D eigenvalue weighted by Crippen LogP contribution is -2.41. The minimum absolute atomic E-state index is 0.138. The van der Waals surface area contributed by atoms with Crippen LogP contribution in [0.25, 0.3) is 28.1 Å². The van der Waals surface area contributed by atoms with Crippen LogP contribution >= 0.6 is 11.6 Å². The standard InChI is InChI=1S/C29H33ClN6O3/c1-15(37)14-36-9-7-16(8-10-36)17-5-6-20(22(12-17)39-2)28-34-26-25(21(30)13-32-29(26)35-28)33-24-19-4-3-18(11-19)23(24)27(31)38/h3-7,12-13,15,18-19,23-24,37H,8-11,14H2,1-2H3,(H2,31,38)(H2,32,33,34,35)/t15?,18-,19+,23+,24-/m1/s1. The van der Waals surface area contributed by atoms with Gasteiger partial charge in [-0.05, 0) is 54.9 Å². The minimum atomic E-state index is -0.335. The molecular formula is C29H33ClN6O3. The van der Waals surface area contributed by atoms with Crippen molar-refractivity contribution in [2.75, 3.05) is 32.1 Å². The third-order valence-electron chi connectivity index (χ3n) is 8.22. The van der Waals surface area contributed by atoms with Gasteiger partial charge in [-0.3, -0.25) is 9.69 Å². The van der Waals surface area contributed by atoms with Crippen LogP contribution in [0, 0.1) is 17.8 Å². The Bertz CT molecular complexity index is 1480. The Morgan fingerprint density at radius 1 is 1.36 bits per heavy atom. The van der Waals surface area contributed by atoms with Crippen LogP contribution in [0.1, 0.15) is 25.3 Å². The molecule has 3 heterocycles. The van der Waals surface area contributed by atoms with Gasteiger partial charge in [-0.25, -0.2) is 9.97 Å². The minimum Gasteiger partial charge on any atom is -0.496 e. The molecule has 9 nitrogen and oxygen atoms in total. The number of aromatic amines is 1. The molecule has 2 bridgehead atoms. The quantitative estimate of drug-likeness (QED) is 0.315. The van der Waals surface area contributed by atoms with E-state index in [4.69, 9.17) is 27.1 Å².